The monoisotopic (exact) mass is 402 g/mol. The zero-order valence-electron chi connectivity index (χ0n) is 12.7. The fourth-order valence-electron chi connectivity index (χ4n) is 2.04. The van der Waals surface area contributed by atoms with Crippen LogP contribution in [0.4, 0.5) is 5.69 Å². The summed E-state index contributed by atoms with van der Waals surface area (Å²) in [6.45, 7) is 1.85. The van der Waals surface area contributed by atoms with E-state index in [9.17, 15) is 4.79 Å². The minimum Gasteiger partial charge on any atom is -0.496 e. The number of aryl methyl sites for hydroxylation is 1. The van der Waals surface area contributed by atoms with Crippen molar-refractivity contribution >= 4 is 63.7 Å². The molecule has 24 heavy (non-hydrogen) atoms. The number of thiocarbonyl (C=S) groups is 1. The Morgan fingerprint density at radius 2 is 1.79 bits per heavy atom. The average molecular weight is 404 g/mol. The second-order valence-electron chi connectivity index (χ2n) is 4.81. The van der Waals surface area contributed by atoms with Crippen molar-refractivity contribution in [1.82, 2.24) is 5.32 Å². The predicted octanol–water partition coefficient (Wildman–Crippen LogP) is 5.09. The first kappa shape index (κ1) is 18.8. The van der Waals surface area contributed by atoms with Crippen LogP contribution in [0.25, 0.3) is 0 Å². The van der Waals surface area contributed by atoms with Crippen LogP contribution in [0, 0.1) is 6.92 Å². The van der Waals surface area contributed by atoms with Crippen molar-refractivity contribution in [2.24, 2.45) is 0 Å². The molecule has 8 heteroatoms. The molecule has 0 bridgehead atoms. The Bertz CT molecular complexity index is 812. The minimum absolute atomic E-state index is 0.0730. The summed E-state index contributed by atoms with van der Waals surface area (Å²) in [4.78, 5) is 12.4. The molecule has 0 atom stereocenters. The van der Waals surface area contributed by atoms with Gasteiger partial charge >= 0.3 is 0 Å². The number of carbonyl (C=O) groups excluding carboxylic acids is 1. The second-order valence-corrected chi connectivity index (χ2v) is 6.44. The SMILES string of the molecule is COc1c(C)cccc1C(=O)NC(=S)Nc1cc(Cl)c(Cl)cc1Cl. The topological polar surface area (TPSA) is 50.4 Å². The molecule has 2 N–H and O–H groups in total. The standard InChI is InChI=1S/C16H13Cl3N2O2S/c1-8-4-3-5-9(14(8)23-2)15(22)21-16(24)20-13-7-11(18)10(17)6-12(13)19/h3-7H,1-2H3,(H2,20,21,22,24). The van der Waals surface area contributed by atoms with Gasteiger partial charge in [-0.3, -0.25) is 10.1 Å². The second kappa shape index (κ2) is 8.03. The number of hydrogen-bond donors (Lipinski definition) is 2. The maximum absolute atomic E-state index is 12.4. The van der Waals surface area contributed by atoms with E-state index < -0.39 is 5.91 Å². The smallest absolute Gasteiger partial charge is 0.261 e. The molecule has 0 unspecified atom stereocenters. The van der Waals surface area contributed by atoms with Crippen LogP contribution in [-0.2, 0) is 0 Å². The van der Waals surface area contributed by atoms with E-state index in [4.69, 9.17) is 51.8 Å². The first-order valence-corrected chi connectivity index (χ1v) is 8.28. The van der Waals surface area contributed by atoms with Gasteiger partial charge in [-0.25, -0.2) is 0 Å². The van der Waals surface area contributed by atoms with Gasteiger partial charge in [0.2, 0.25) is 0 Å². The van der Waals surface area contributed by atoms with Gasteiger partial charge in [0.05, 0.1) is 33.4 Å². The lowest BCUT2D eigenvalue weighted by Crippen LogP contribution is -2.34. The Hall–Kier alpha value is -1.53. The van der Waals surface area contributed by atoms with E-state index in [1.165, 1.54) is 19.2 Å². The van der Waals surface area contributed by atoms with Crippen molar-refractivity contribution in [1.29, 1.82) is 0 Å². The number of anilines is 1. The fraction of sp³-hybridized carbons (Fsp3) is 0.125. The summed E-state index contributed by atoms with van der Waals surface area (Å²) in [6, 6.07) is 8.27. The van der Waals surface area contributed by atoms with E-state index in [1.54, 1.807) is 12.1 Å². The summed E-state index contributed by atoms with van der Waals surface area (Å²) in [5, 5.41) is 6.43. The quantitative estimate of drug-likeness (QED) is 0.553. The Morgan fingerprint density at radius 1 is 1.12 bits per heavy atom. The van der Waals surface area contributed by atoms with Crippen LogP contribution in [0.3, 0.4) is 0 Å². The van der Waals surface area contributed by atoms with Crippen molar-refractivity contribution in [3.8, 4) is 5.75 Å². The normalized spacial score (nSPS) is 10.2. The van der Waals surface area contributed by atoms with E-state index in [0.29, 0.717) is 32.1 Å². The van der Waals surface area contributed by atoms with Crippen LogP contribution in [-0.4, -0.2) is 18.1 Å². The van der Waals surface area contributed by atoms with E-state index in [-0.39, 0.29) is 5.11 Å². The van der Waals surface area contributed by atoms with Crippen molar-refractivity contribution in [2.75, 3.05) is 12.4 Å². The van der Waals surface area contributed by atoms with Crippen molar-refractivity contribution in [3.05, 3.63) is 56.5 Å². The average Bonchev–Trinajstić information content (AvgIpc) is 2.52. The summed E-state index contributed by atoms with van der Waals surface area (Å²) in [6.07, 6.45) is 0. The summed E-state index contributed by atoms with van der Waals surface area (Å²) >= 11 is 23.0. The lowest BCUT2D eigenvalue weighted by atomic mass is 10.1. The highest BCUT2D eigenvalue weighted by Crippen LogP contribution is 2.32. The molecular weight excluding hydrogens is 391 g/mol. The van der Waals surface area contributed by atoms with Gasteiger partial charge in [0, 0.05) is 0 Å². The van der Waals surface area contributed by atoms with Gasteiger partial charge in [-0.05, 0) is 42.9 Å². The molecule has 2 aromatic rings. The fourth-order valence-corrected chi connectivity index (χ4v) is 2.84. The molecule has 4 nitrogen and oxygen atoms in total. The first-order chi connectivity index (χ1) is 11.3. The lowest BCUT2D eigenvalue weighted by Gasteiger charge is -2.14. The highest BCUT2D eigenvalue weighted by atomic mass is 35.5. The number of nitrogens with one attached hydrogen (secondary N) is 2. The summed E-state index contributed by atoms with van der Waals surface area (Å²) in [5.74, 6) is 0.0922. The predicted molar refractivity (Wildman–Crippen MR) is 103 cm³/mol. The van der Waals surface area contributed by atoms with E-state index >= 15 is 0 Å². The Morgan fingerprint density at radius 3 is 2.46 bits per heavy atom. The van der Waals surface area contributed by atoms with E-state index in [2.05, 4.69) is 10.6 Å². The molecular formula is C16H13Cl3N2O2S. The van der Waals surface area contributed by atoms with Crippen LogP contribution < -0.4 is 15.4 Å². The molecule has 0 spiro atoms. The number of rotatable bonds is 3. The number of amides is 1. The molecule has 2 rings (SSSR count). The molecule has 126 valence electrons. The van der Waals surface area contributed by atoms with E-state index in [1.807, 2.05) is 13.0 Å². The number of halogens is 3. The lowest BCUT2D eigenvalue weighted by molar-refractivity contribution is 0.0974. The molecule has 0 heterocycles. The summed E-state index contributed by atoms with van der Waals surface area (Å²) in [5.41, 5.74) is 1.66. The van der Waals surface area contributed by atoms with Crippen LogP contribution in [0.5, 0.6) is 5.75 Å². The first-order valence-electron chi connectivity index (χ1n) is 6.74. The molecule has 0 aromatic heterocycles. The third-order valence-corrected chi connectivity index (χ3v) is 4.38. The number of para-hydroxylation sites is 1. The van der Waals surface area contributed by atoms with Crippen molar-refractivity contribution < 1.29 is 9.53 Å². The van der Waals surface area contributed by atoms with E-state index in [0.717, 1.165) is 5.56 Å². The molecule has 0 aliphatic rings. The molecule has 0 aliphatic heterocycles. The molecule has 0 saturated heterocycles. The third kappa shape index (κ3) is 4.30. The molecule has 0 fully saturated rings. The zero-order valence-corrected chi connectivity index (χ0v) is 15.8. The summed E-state index contributed by atoms with van der Waals surface area (Å²) < 4.78 is 5.27. The van der Waals surface area contributed by atoms with Gasteiger partial charge in [0.1, 0.15) is 5.75 Å². The maximum Gasteiger partial charge on any atom is 0.261 e. The summed E-state index contributed by atoms with van der Waals surface area (Å²) in [7, 11) is 1.51. The highest BCUT2D eigenvalue weighted by molar-refractivity contribution is 7.80. The van der Waals surface area contributed by atoms with Crippen LogP contribution in [0.15, 0.2) is 30.3 Å². The molecule has 2 aromatic carbocycles. The number of carbonyl (C=O) groups is 1. The van der Waals surface area contributed by atoms with Crippen LogP contribution in [0.2, 0.25) is 15.1 Å². The molecule has 1 amide bonds. The van der Waals surface area contributed by atoms with Crippen LogP contribution >= 0.6 is 47.0 Å². The largest absolute Gasteiger partial charge is 0.496 e. The molecule has 0 aliphatic carbocycles. The van der Waals surface area contributed by atoms with Gasteiger partial charge in [-0.1, -0.05) is 46.9 Å². The number of benzene rings is 2. The van der Waals surface area contributed by atoms with Gasteiger partial charge in [0.25, 0.3) is 5.91 Å². The Kier molecular flexibility index (Phi) is 6.29. The van der Waals surface area contributed by atoms with Gasteiger partial charge in [-0.2, -0.15) is 0 Å². The zero-order chi connectivity index (χ0) is 17.9. The molecule has 0 saturated carbocycles. The van der Waals surface area contributed by atoms with Gasteiger partial charge in [-0.15, -0.1) is 0 Å². The minimum atomic E-state index is -0.399. The highest BCUT2D eigenvalue weighted by Gasteiger charge is 2.16. The number of hydrogen-bond acceptors (Lipinski definition) is 3. The third-order valence-electron chi connectivity index (χ3n) is 3.15. The number of methoxy groups -OCH3 is 1. The van der Waals surface area contributed by atoms with Crippen LogP contribution in [0.1, 0.15) is 15.9 Å². The number of ether oxygens (including phenoxy) is 1. The van der Waals surface area contributed by atoms with Crippen molar-refractivity contribution in [2.45, 2.75) is 6.92 Å². The Labute approximate surface area is 160 Å². The molecule has 0 radical (unpaired) electrons. The Balaban J connectivity index is 2.15. The van der Waals surface area contributed by atoms with Gasteiger partial charge < -0.3 is 10.1 Å². The maximum atomic E-state index is 12.4. The van der Waals surface area contributed by atoms with Gasteiger partial charge in [0.15, 0.2) is 5.11 Å². The van der Waals surface area contributed by atoms with Crippen molar-refractivity contribution in [3.63, 3.8) is 0 Å².